The second-order valence-electron chi connectivity index (χ2n) is 7.74. The molecule has 25 heavy (non-hydrogen) atoms. The number of benzene rings is 1. The zero-order chi connectivity index (χ0) is 18.1. The molecule has 6 heteroatoms. The number of hydrogen-bond donors (Lipinski definition) is 0. The molecule has 1 aromatic carbocycles. The van der Waals surface area contributed by atoms with Crippen LogP contribution in [0.4, 0.5) is 0 Å². The van der Waals surface area contributed by atoms with Crippen molar-refractivity contribution in [2.24, 2.45) is 0 Å². The van der Waals surface area contributed by atoms with Crippen LogP contribution in [0, 0.1) is 0 Å². The Kier molecular flexibility index (Phi) is 5.02. The van der Waals surface area contributed by atoms with E-state index in [1.54, 1.807) is 15.2 Å². The van der Waals surface area contributed by atoms with E-state index < -0.39 is 10.0 Å². The van der Waals surface area contributed by atoms with E-state index >= 15 is 0 Å². The summed E-state index contributed by atoms with van der Waals surface area (Å²) in [4.78, 5) is 0.359. The lowest BCUT2D eigenvalue weighted by Gasteiger charge is -2.27. The number of aromatic nitrogens is 2. The number of nitrogens with zero attached hydrogens (tertiary/aromatic N) is 3. The fraction of sp³-hybridized carbons (Fsp3) is 0.526. The summed E-state index contributed by atoms with van der Waals surface area (Å²) in [5.74, 6) is 0. The molecule has 0 atom stereocenters. The smallest absolute Gasteiger partial charge is 0.246 e. The van der Waals surface area contributed by atoms with E-state index in [1.807, 2.05) is 51.1 Å². The molecular weight excluding hydrogens is 334 g/mol. The molecule has 5 nitrogen and oxygen atoms in total. The first-order valence-electron chi connectivity index (χ1n) is 8.90. The van der Waals surface area contributed by atoms with E-state index in [2.05, 4.69) is 5.10 Å². The Morgan fingerprint density at radius 2 is 1.68 bits per heavy atom. The van der Waals surface area contributed by atoms with Gasteiger partial charge in [-0.15, -0.1) is 0 Å². The van der Waals surface area contributed by atoms with Gasteiger partial charge in [0.05, 0.1) is 12.2 Å². The van der Waals surface area contributed by atoms with Gasteiger partial charge < -0.3 is 0 Å². The van der Waals surface area contributed by atoms with Gasteiger partial charge in [0, 0.05) is 24.7 Å². The zero-order valence-corrected chi connectivity index (χ0v) is 16.1. The van der Waals surface area contributed by atoms with Gasteiger partial charge in [-0.25, -0.2) is 8.42 Å². The van der Waals surface area contributed by atoms with E-state index in [0.29, 0.717) is 30.2 Å². The van der Waals surface area contributed by atoms with E-state index in [0.717, 1.165) is 24.8 Å². The Morgan fingerprint density at radius 1 is 1.04 bits per heavy atom. The highest BCUT2D eigenvalue weighted by Gasteiger charge is 2.34. The molecule has 0 radical (unpaired) electrons. The predicted octanol–water partition coefficient (Wildman–Crippen LogP) is 3.40. The van der Waals surface area contributed by atoms with Gasteiger partial charge in [-0.1, -0.05) is 57.5 Å². The Hall–Kier alpha value is -1.66. The van der Waals surface area contributed by atoms with Crippen LogP contribution in [0.15, 0.2) is 41.4 Å². The molecule has 2 heterocycles. The minimum absolute atomic E-state index is 0.333. The van der Waals surface area contributed by atoms with Crippen molar-refractivity contribution in [3.05, 3.63) is 47.8 Å². The van der Waals surface area contributed by atoms with Crippen molar-refractivity contribution in [2.45, 2.75) is 56.9 Å². The van der Waals surface area contributed by atoms with E-state index in [-0.39, 0.29) is 5.41 Å². The largest absolute Gasteiger partial charge is 0.267 e. The topological polar surface area (TPSA) is 55.2 Å². The van der Waals surface area contributed by atoms with E-state index in [4.69, 9.17) is 0 Å². The molecule has 3 rings (SSSR count). The summed E-state index contributed by atoms with van der Waals surface area (Å²) in [7, 11) is -3.50. The molecule has 0 aliphatic carbocycles. The molecule has 1 aromatic heterocycles. The molecule has 0 bridgehead atoms. The van der Waals surface area contributed by atoms with Crippen LogP contribution >= 0.6 is 0 Å². The van der Waals surface area contributed by atoms with Crippen molar-refractivity contribution >= 4 is 10.0 Å². The Bertz CT molecular complexity index is 814. The fourth-order valence-corrected chi connectivity index (χ4v) is 5.07. The first kappa shape index (κ1) is 18.1. The molecule has 0 N–H and O–H groups in total. The highest BCUT2D eigenvalue weighted by molar-refractivity contribution is 7.89. The maximum Gasteiger partial charge on any atom is 0.246 e. The molecule has 1 aliphatic rings. The summed E-state index contributed by atoms with van der Waals surface area (Å²) in [5, 5.41) is 4.65. The van der Waals surface area contributed by atoms with Gasteiger partial charge in [0.25, 0.3) is 0 Å². The predicted molar refractivity (Wildman–Crippen MR) is 99.1 cm³/mol. The SMILES string of the molecule is CC(C)(C)c1nn(Cc2ccccc2)cc1S(=O)(=O)N1CCCCC1. The monoisotopic (exact) mass is 361 g/mol. The van der Waals surface area contributed by atoms with Crippen LogP contribution in [0.2, 0.25) is 0 Å². The third kappa shape index (κ3) is 3.96. The first-order chi connectivity index (χ1) is 11.8. The fourth-order valence-electron chi connectivity index (χ4n) is 3.21. The van der Waals surface area contributed by atoms with Gasteiger partial charge in [-0.2, -0.15) is 9.40 Å². The summed E-state index contributed by atoms with van der Waals surface area (Å²) >= 11 is 0. The second-order valence-corrected chi connectivity index (χ2v) is 9.65. The van der Waals surface area contributed by atoms with Crippen molar-refractivity contribution in [3.63, 3.8) is 0 Å². The highest BCUT2D eigenvalue weighted by Crippen LogP contribution is 2.31. The average Bonchev–Trinajstić information content (AvgIpc) is 3.02. The molecule has 1 fully saturated rings. The third-order valence-corrected chi connectivity index (χ3v) is 6.46. The maximum atomic E-state index is 13.2. The summed E-state index contributed by atoms with van der Waals surface area (Å²) in [5.41, 5.74) is 1.42. The number of piperidine rings is 1. The molecular formula is C19H27N3O2S. The van der Waals surface area contributed by atoms with Crippen LogP contribution in [-0.4, -0.2) is 35.6 Å². The highest BCUT2D eigenvalue weighted by atomic mass is 32.2. The van der Waals surface area contributed by atoms with Gasteiger partial charge in [0.15, 0.2) is 0 Å². The summed E-state index contributed by atoms with van der Waals surface area (Å²) in [6.45, 7) is 7.82. The van der Waals surface area contributed by atoms with Crippen molar-refractivity contribution in [2.75, 3.05) is 13.1 Å². The maximum absolute atomic E-state index is 13.2. The normalized spacial score (nSPS) is 16.9. The van der Waals surface area contributed by atoms with Gasteiger partial charge in [-0.05, 0) is 18.4 Å². The van der Waals surface area contributed by atoms with Gasteiger partial charge in [-0.3, -0.25) is 4.68 Å². The third-order valence-electron chi connectivity index (χ3n) is 4.56. The van der Waals surface area contributed by atoms with Crippen LogP contribution in [-0.2, 0) is 22.0 Å². The van der Waals surface area contributed by atoms with E-state index in [9.17, 15) is 8.42 Å². The van der Waals surface area contributed by atoms with Gasteiger partial charge >= 0.3 is 0 Å². The molecule has 2 aromatic rings. The molecule has 0 spiro atoms. The standard InChI is InChI=1S/C19H27N3O2S/c1-19(2,3)18-17(25(23,24)22-12-8-5-9-13-22)15-21(20-18)14-16-10-6-4-7-11-16/h4,6-7,10-11,15H,5,8-9,12-14H2,1-3H3. The summed E-state index contributed by atoms with van der Waals surface area (Å²) in [6.07, 6.45) is 4.67. The summed E-state index contributed by atoms with van der Waals surface area (Å²) in [6, 6.07) is 9.98. The van der Waals surface area contributed by atoms with Crippen molar-refractivity contribution < 1.29 is 8.42 Å². The molecule has 0 amide bonds. The second kappa shape index (κ2) is 6.92. The lowest BCUT2D eigenvalue weighted by Crippen LogP contribution is -2.36. The number of sulfonamides is 1. The van der Waals surface area contributed by atoms with Crippen LogP contribution in [0.1, 0.15) is 51.3 Å². The molecule has 1 saturated heterocycles. The first-order valence-corrected chi connectivity index (χ1v) is 10.3. The Balaban J connectivity index is 1.99. The van der Waals surface area contributed by atoms with Gasteiger partial charge in [0.2, 0.25) is 10.0 Å². The minimum atomic E-state index is -3.50. The lowest BCUT2D eigenvalue weighted by molar-refractivity contribution is 0.345. The zero-order valence-electron chi connectivity index (χ0n) is 15.3. The van der Waals surface area contributed by atoms with Crippen LogP contribution in [0.5, 0.6) is 0 Å². The van der Waals surface area contributed by atoms with Crippen molar-refractivity contribution in [3.8, 4) is 0 Å². The molecule has 0 unspecified atom stereocenters. The minimum Gasteiger partial charge on any atom is -0.267 e. The Morgan fingerprint density at radius 3 is 2.28 bits per heavy atom. The van der Waals surface area contributed by atoms with Crippen molar-refractivity contribution in [1.82, 2.24) is 14.1 Å². The van der Waals surface area contributed by atoms with Crippen molar-refractivity contribution in [1.29, 1.82) is 0 Å². The molecule has 0 saturated carbocycles. The average molecular weight is 362 g/mol. The lowest BCUT2D eigenvalue weighted by atomic mass is 9.92. The molecule has 1 aliphatic heterocycles. The van der Waals surface area contributed by atoms with Crippen LogP contribution in [0.3, 0.4) is 0 Å². The Labute approximate surface area is 150 Å². The number of hydrogen-bond acceptors (Lipinski definition) is 3. The van der Waals surface area contributed by atoms with E-state index in [1.165, 1.54) is 0 Å². The number of rotatable bonds is 4. The van der Waals surface area contributed by atoms with Gasteiger partial charge in [0.1, 0.15) is 4.90 Å². The quantitative estimate of drug-likeness (QED) is 0.839. The van der Waals surface area contributed by atoms with Crippen LogP contribution in [0.25, 0.3) is 0 Å². The molecule has 136 valence electrons. The van der Waals surface area contributed by atoms with Crippen LogP contribution < -0.4 is 0 Å². The summed E-state index contributed by atoms with van der Waals surface area (Å²) < 4.78 is 29.8.